The van der Waals surface area contributed by atoms with Crippen molar-refractivity contribution in [1.82, 2.24) is 10.6 Å². The molecular formula is C17H25N3O2. The van der Waals surface area contributed by atoms with Gasteiger partial charge in [-0.3, -0.25) is 9.59 Å². The quantitative estimate of drug-likeness (QED) is 0.779. The molecule has 0 radical (unpaired) electrons. The Balaban J connectivity index is 1.89. The SMILES string of the molecule is CNC(=O)c1cccc(NC(=O)CC(C)C2CCCNC2)c1. The number of piperidine rings is 1. The van der Waals surface area contributed by atoms with Crippen LogP contribution in [0.15, 0.2) is 24.3 Å². The smallest absolute Gasteiger partial charge is 0.251 e. The Morgan fingerprint density at radius 2 is 2.23 bits per heavy atom. The fourth-order valence-corrected chi connectivity index (χ4v) is 2.92. The maximum absolute atomic E-state index is 12.2. The van der Waals surface area contributed by atoms with E-state index in [4.69, 9.17) is 0 Å². The molecule has 3 N–H and O–H groups in total. The van der Waals surface area contributed by atoms with E-state index in [9.17, 15) is 9.59 Å². The third-order valence-electron chi connectivity index (χ3n) is 4.28. The second-order valence-electron chi connectivity index (χ2n) is 6.00. The second kappa shape index (κ2) is 7.94. The molecule has 22 heavy (non-hydrogen) atoms. The van der Waals surface area contributed by atoms with Crippen LogP contribution in [0.2, 0.25) is 0 Å². The molecule has 2 amide bonds. The van der Waals surface area contributed by atoms with Gasteiger partial charge in [0.1, 0.15) is 0 Å². The minimum absolute atomic E-state index is 0.00660. The van der Waals surface area contributed by atoms with Crippen LogP contribution in [0.25, 0.3) is 0 Å². The molecular weight excluding hydrogens is 278 g/mol. The zero-order valence-corrected chi connectivity index (χ0v) is 13.3. The topological polar surface area (TPSA) is 70.2 Å². The van der Waals surface area contributed by atoms with Crippen molar-refractivity contribution >= 4 is 17.5 Å². The maximum atomic E-state index is 12.2. The molecule has 0 aromatic heterocycles. The first-order valence-electron chi connectivity index (χ1n) is 7.93. The van der Waals surface area contributed by atoms with Crippen LogP contribution >= 0.6 is 0 Å². The van der Waals surface area contributed by atoms with Crippen molar-refractivity contribution < 1.29 is 9.59 Å². The average Bonchev–Trinajstić information content (AvgIpc) is 2.55. The summed E-state index contributed by atoms with van der Waals surface area (Å²) in [6.45, 7) is 4.22. The fraction of sp³-hybridized carbons (Fsp3) is 0.529. The van der Waals surface area contributed by atoms with Crippen molar-refractivity contribution in [3.05, 3.63) is 29.8 Å². The molecule has 1 aromatic rings. The van der Waals surface area contributed by atoms with E-state index in [1.54, 1.807) is 31.3 Å². The normalized spacial score (nSPS) is 19.3. The Kier molecular flexibility index (Phi) is 5.95. The van der Waals surface area contributed by atoms with Gasteiger partial charge in [-0.1, -0.05) is 13.0 Å². The number of carbonyl (C=O) groups is 2. The molecule has 1 heterocycles. The number of carbonyl (C=O) groups excluding carboxylic acids is 2. The van der Waals surface area contributed by atoms with E-state index in [1.807, 2.05) is 0 Å². The molecule has 2 unspecified atom stereocenters. The fourth-order valence-electron chi connectivity index (χ4n) is 2.92. The molecule has 0 bridgehead atoms. The van der Waals surface area contributed by atoms with Gasteiger partial charge in [0.25, 0.3) is 5.91 Å². The van der Waals surface area contributed by atoms with Gasteiger partial charge in [0.2, 0.25) is 5.91 Å². The molecule has 2 atom stereocenters. The minimum Gasteiger partial charge on any atom is -0.355 e. The summed E-state index contributed by atoms with van der Waals surface area (Å²) < 4.78 is 0. The zero-order valence-electron chi connectivity index (χ0n) is 13.3. The molecule has 0 spiro atoms. The minimum atomic E-state index is -0.155. The molecule has 120 valence electrons. The monoisotopic (exact) mass is 303 g/mol. The number of amides is 2. The molecule has 0 saturated carbocycles. The number of hydrogen-bond acceptors (Lipinski definition) is 3. The molecule has 1 aromatic carbocycles. The van der Waals surface area contributed by atoms with Gasteiger partial charge in [0.05, 0.1) is 0 Å². The van der Waals surface area contributed by atoms with Gasteiger partial charge in [0.15, 0.2) is 0 Å². The van der Waals surface area contributed by atoms with Crippen LogP contribution < -0.4 is 16.0 Å². The highest BCUT2D eigenvalue weighted by Gasteiger charge is 2.22. The van der Waals surface area contributed by atoms with Crippen molar-refractivity contribution in [2.45, 2.75) is 26.2 Å². The van der Waals surface area contributed by atoms with Crippen LogP contribution in [-0.2, 0) is 4.79 Å². The van der Waals surface area contributed by atoms with Crippen molar-refractivity contribution in [2.24, 2.45) is 11.8 Å². The number of nitrogens with one attached hydrogen (secondary N) is 3. The third-order valence-corrected chi connectivity index (χ3v) is 4.28. The Morgan fingerprint density at radius 1 is 1.41 bits per heavy atom. The van der Waals surface area contributed by atoms with E-state index < -0.39 is 0 Å². The molecule has 5 heteroatoms. The number of anilines is 1. The Bertz CT molecular complexity index is 524. The van der Waals surface area contributed by atoms with Gasteiger partial charge in [-0.2, -0.15) is 0 Å². The number of rotatable bonds is 5. The number of benzene rings is 1. The van der Waals surface area contributed by atoms with E-state index in [2.05, 4.69) is 22.9 Å². The Morgan fingerprint density at radius 3 is 2.91 bits per heavy atom. The van der Waals surface area contributed by atoms with Crippen molar-refractivity contribution in [3.8, 4) is 0 Å². The molecule has 1 saturated heterocycles. The van der Waals surface area contributed by atoms with E-state index in [-0.39, 0.29) is 11.8 Å². The maximum Gasteiger partial charge on any atom is 0.251 e. The van der Waals surface area contributed by atoms with Gasteiger partial charge in [-0.05, 0) is 56.0 Å². The lowest BCUT2D eigenvalue weighted by molar-refractivity contribution is -0.117. The molecule has 1 fully saturated rings. The van der Waals surface area contributed by atoms with Crippen LogP contribution in [0.5, 0.6) is 0 Å². The molecule has 1 aliphatic rings. The van der Waals surface area contributed by atoms with Crippen molar-refractivity contribution in [3.63, 3.8) is 0 Å². The van der Waals surface area contributed by atoms with Crippen LogP contribution in [-0.4, -0.2) is 32.0 Å². The van der Waals surface area contributed by atoms with Crippen LogP contribution in [0.3, 0.4) is 0 Å². The predicted octanol–water partition coefficient (Wildman–Crippen LogP) is 2.01. The Hall–Kier alpha value is -1.88. The molecule has 1 aliphatic heterocycles. The van der Waals surface area contributed by atoms with Crippen LogP contribution in [0.1, 0.15) is 36.5 Å². The zero-order chi connectivity index (χ0) is 15.9. The summed E-state index contributed by atoms with van der Waals surface area (Å²) in [4.78, 5) is 23.8. The van der Waals surface area contributed by atoms with E-state index >= 15 is 0 Å². The largest absolute Gasteiger partial charge is 0.355 e. The lowest BCUT2D eigenvalue weighted by atomic mass is 9.85. The summed E-state index contributed by atoms with van der Waals surface area (Å²) in [5.41, 5.74) is 1.21. The van der Waals surface area contributed by atoms with E-state index in [0.717, 1.165) is 13.1 Å². The Labute approximate surface area is 131 Å². The highest BCUT2D eigenvalue weighted by molar-refractivity contribution is 5.97. The first-order chi connectivity index (χ1) is 10.6. The van der Waals surface area contributed by atoms with Gasteiger partial charge in [0, 0.05) is 24.7 Å². The number of hydrogen-bond donors (Lipinski definition) is 3. The van der Waals surface area contributed by atoms with E-state index in [1.165, 1.54) is 12.8 Å². The van der Waals surface area contributed by atoms with Gasteiger partial charge in [-0.25, -0.2) is 0 Å². The van der Waals surface area contributed by atoms with Gasteiger partial charge in [-0.15, -0.1) is 0 Å². The molecule has 0 aliphatic carbocycles. The second-order valence-corrected chi connectivity index (χ2v) is 6.00. The lowest BCUT2D eigenvalue weighted by Crippen LogP contribution is -2.34. The summed E-state index contributed by atoms with van der Waals surface area (Å²) in [7, 11) is 1.59. The summed E-state index contributed by atoms with van der Waals surface area (Å²) >= 11 is 0. The van der Waals surface area contributed by atoms with E-state index in [0.29, 0.717) is 29.5 Å². The summed E-state index contributed by atoms with van der Waals surface area (Å²) in [6.07, 6.45) is 2.88. The predicted molar refractivity (Wildman–Crippen MR) is 87.8 cm³/mol. The summed E-state index contributed by atoms with van der Waals surface area (Å²) in [5, 5.41) is 8.86. The van der Waals surface area contributed by atoms with Crippen molar-refractivity contribution in [2.75, 3.05) is 25.5 Å². The van der Waals surface area contributed by atoms with Crippen molar-refractivity contribution in [1.29, 1.82) is 0 Å². The van der Waals surface area contributed by atoms with Gasteiger partial charge < -0.3 is 16.0 Å². The molecule has 2 rings (SSSR count). The standard InChI is InChI=1S/C17H25N3O2/c1-12(14-6-4-8-19-11-14)9-16(21)20-15-7-3-5-13(10-15)17(22)18-2/h3,5,7,10,12,14,19H,4,6,8-9,11H2,1-2H3,(H,18,22)(H,20,21). The van der Waals surface area contributed by atoms with Crippen LogP contribution in [0.4, 0.5) is 5.69 Å². The summed E-state index contributed by atoms with van der Waals surface area (Å²) in [5.74, 6) is 0.775. The van der Waals surface area contributed by atoms with Crippen LogP contribution in [0, 0.1) is 11.8 Å². The highest BCUT2D eigenvalue weighted by Crippen LogP contribution is 2.23. The molecule has 5 nitrogen and oxygen atoms in total. The van der Waals surface area contributed by atoms with Gasteiger partial charge >= 0.3 is 0 Å². The highest BCUT2D eigenvalue weighted by atomic mass is 16.2. The first-order valence-corrected chi connectivity index (χ1v) is 7.93. The average molecular weight is 303 g/mol. The first kappa shape index (κ1) is 16.5. The lowest BCUT2D eigenvalue weighted by Gasteiger charge is -2.28. The third kappa shape index (κ3) is 4.56. The summed E-state index contributed by atoms with van der Waals surface area (Å²) in [6, 6.07) is 7.00.